The molecule has 12 nitrogen and oxygen atoms in total. The smallest absolute Gasteiger partial charge is 0.428 e. The van der Waals surface area contributed by atoms with Gasteiger partial charge in [-0.1, -0.05) is 86.6 Å². The van der Waals surface area contributed by atoms with E-state index in [4.69, 9.17) is 8.37 Å². The summed E-state index contributed by atoms with van der Waals surface area (Å²) >= 11 is 0. The van der Waals surface area contributed by atoms with Crippen LogP contribution >= 0.6 is 0 Å². The van der Waals surface area contributed by atoms with Gasteiger partial charge in [0.25, 0.3) is 0 Å². The average Bonchev–Trinajstić information content (AvgIpc) is 3.12. The van der Waals surface area contributed by atoms with Gasteiger partial charge in [-0.05, 0) is 41.8 Å². The largest absolute Gasteiger partial charge is 0.501 e. The Morgan fingerprint density at radius 3 is 1.26 bits per heavy atom. The van der Waals surface area contributed by atoms with Crippen LogP contribution in [0.4, 0.5) is 11.4 Å². The quantitative estimate of drug-likeness (QED) is 0.109. The summed E-state index contributed by atoms with van der Waals surface area (Å²) in [4.78, 5) is 5.45. The Bertz CT molecular complexity index is 2440. The second kappa shape index (κ2) is 12.7. The van der Waals surface area contributed by atoms with Gasteiger partial charge in [-0.3, -0.25) is 0 Å². The molecule has 50 heavy (non-hydrogen) atoms. The lowest BCUT2D eigenvalue weighted by atomic mass is 9.74. The van der Waals surface area contributed by atoms with Gasteiger partial charge < -0.3 is 18.6 Å². The summed E-state index contributed by atoms with van der Waals surface area (Å²) in [6, 6.07) is 27.5. The molecule has 14 heteroatoms. The van der Waals surface area contributed by atoms with Crippen LogP contribution in [0, 0.1) is 10.8 Å². The van der Waals surface area contributed by atoms with Gasteiger partial charge in [0.15, 0.2) is 9.95 Å². The number of rotatable bonds is 9. The first-order chi connectivity index (χ1) is 23.8. The molecule has 0 saturated carbocycles. The van der Waals surface area contributed by atoms with Gasteiger partial charge in [0.1, 0.15) is 21.3 Å². The number of aromatic hydroxyl groups is 2. The number of hydrogen-bond donors (Lipinski definition) is 2. The van der Waals surface area contributed by atoms with E-state index in [0.717, 1.165) is 23.3 Å². The van der Waals surface area contributed by atoms with Crippen LogP contribution in [-0.4, -0.2) is 27.0 Å². The highest BCUT2D eigenvalue weighted by Gasteiger charge is 2.31. The molecule has 0 unspecified atom stereocenters. The molecule has 0 amide bonds. The van der Waals surface area contributed by atoms with Crippen molar-refractivity contribution in [1.29, 1.82) is 10.8 Å². The fraction of sp³-hybridized carbons (Fsp3) is 0.111. The van der Waals surface area contributed by atoms with Crippen LogP contribution in [0.1, 0.15) is 31.4 Å². The number of diazo groups is 2. The fourth-order valence-corrected chi connectivity index (χ4v) is 8.18. The van der Waals surface area contributed by atoms with E-state index in [1.165, 1.54) is 48.5 Å². The summed E-state index contributed by atoms with van der Waals surface area (Å²) in [6.45, 7) is 3.96. The Labute approximate surface area is 287 Å². The Morgan fingerprint density at radius 1 is 0.600 bits per heavy atom. The van der Waals surface area contributed by atoms with Crippen LogP contribution < -0.4 is 8.37 Å². The molecular formula is C36H28N4O8S2+2. The second-order valence-corrected chi connectivity index (χ2v) is 14.6. The highest BCUT2D eigenvalue weighted by atomic mass is 32.2. The molecule has 6 aromatic rings. The van der Waals surface area contributed by atoms with E-state index < -0.39 is 25.7 Å². The molecule has 0 saturated heterocycles. The molecule has 0 aliphatic heterocycles. The van der Waals surface area contributed by atoms with Gasteiger partial charge in [-0.15, -0.1) is 0 Å². The van der Waals surface area contributed by atoms with E-state index in [2.05, 4.69) is 9.95 Å². The number of hydrogen-bond acceptors (Lipinski definition) is 10. The molecule has 250 valence electrons. The third-order valence-electron chi connectivity index (χ3n) is 8.77. The van der Waals surface area contributed by atoms with Gasteiger partial charge in [-0.25, -0.2) is 0 Å². The van der Waals surface area contributed by atoms with Crippen LogP contribution in [0.5, 0.6) is 23.0 Å². The Morgan fingerprint density at radius 2 is 0.940 bits per heavy atom. The van der Waals surface area contributed by atoms with Gasteiger partial charge in [0.2, 0.25) is 22.3 Å². The zero-order chi connectivity index (χ0) is 35.8. The summed E-state index contributed by atoms with van der Waals surface area (Å²) in [5, 5.41) is 40.2. The second-order valence-electron chi connectivity index (χ2n) is 11.6. The van der Waals surface area contributed by atoms with Crippen LogP contribution in [0.2, 0.25) is 0 Å². The lowest BCUT2D eigenvalue weighted by Crippen LogP contribution is -2.22. The Balaban J connectivity index is 1.25. The molecular weight excluding hydrogens is 681 g/mol. The normalized spacial score (nSPS) is 11.9. The zero-order valence-corrected chi connectivity index (χ0v) is 28.2. The summed E-state index contributed by atoms with van der Waals surface area (Å²) in [6.07, 6.45) is 0.615. The molecule has 2 N–H and O–H groups in total. The first-order valence-corrected chi connectivity index (χ1v) is 17.9. The molecule has 0 aliphatic rings. The van der Waals surface area contributed by atoms with Crippen molar-refractivity contribution in [3.8, 4) is 23.0 Å². The van der Waals surface area contributed by atoms with Gasteiger partial charge in [0.05, 0.1) is 12.1 Å². The molecule has 6 aromatic carbocycles. The maximum absolute atomic E-state index is 13.4. The minimum atomic E-state index is -4.43. The van der Waals surface area contributed by atoms with Gasteiger partial charge in [-0.2, -0.15) is 16.8 Å². The maximum Gasteiger partial charge on any atom is 0.428 e. The van der Waals surface area contributed by atoms with E-state index in [1.807, 2.05) is 13.8 Å². The third kappa shape index (κ3) is 5.87. The molecule has 6 rings (SSSR count). The molecule has 0 bridgehead atoms. The Hall–Kier alpha value is -6.22. The highest BCUT2D eigenvalue weighted by molar-refractivity contribution is 7.87. The van der Waals surface area contributed by atoms with Crippen LogP contribution in [0.25, 0.3) is 31.5 Å². The molecule has 0 heterocycles. The molecule has 0 radical (unpaired) electrons. The van der Waals surface area contributed by atoms with E-state index in [-0.39, 0.29) is 65.7 Å². The third-order valence-corrected chi connectivity index (χ3v) is 11.3. The molecule has 0 aliphatic carbocycles. The molecule has 0 spiro atoms. The lowest BCUT2D eigenvalue weighted by Gasteiger charge is -2.30. The highest BCUT2D eigenvalue weighted by Crippen LogP contribution is 2.42. The topological polar surface area (TPSA) is 184 Å². The standard InChI is InChI=1S/C36H26N4O8S2/c1-3-36(2,22-12-16-24(17-13-22)47-49(43,44)32-20-30(39-37)34(41)28-10-6-4-8-26(28)32)23-14-18-25(19-15-23)48-50(45,46)33-21-31(40-38)35(42)29-11-7-5-9-27(29)33/h4-21H,3H2,1-2H3/p+2. The average molecular weight is 709 g/mol. The van der Waals surface area contributed by atoms with Crippen LogP contribution in [-0.2, 0) is 25.7 Å². The SMILES string of the molecule is CCC(C)(c1ccc(OS(=O)(=O)c2cc([N+]#N)c(O)c3ccccc23)cc1)c1ccc(OS(=O)(=O)c2cc([N+]#N)c(O)c3ccccc23)cc1. The number of nitrogens with zero attached hydrogens (tertiary/aromatic N) is 4. The van der Waals surface area contributed by atoms with Crippen LogP contribution in [0.15, 0.2) is 119 Å². The molecule has 0 atom stereocenters. The van der Waals surface area contributed by atoms with Crippen molar-refractivity contribution in [1.82, 2.24) is 0 Å². The first-order valence-electron chi connectivity index (χ1n) is 15.1. The van der Waals surface area contributed by atoms with E-state index in [9.17, 15) is 37.8 Å². The minimum Gasteiger partial charge on any atom is -0.501 e. The van der Waals surface area contributed by atoms with Crippen molar-refractivity contribution in [3.05, 3.63) is 130 Å². The minimum absolute atomic E-state index is 0.0275. The van der Waals surface area contributed by atoms with Crippen molar-refractivity contribution in [2.75, 3.05) is 0 Å². The maximum atomic E-state index is 13.4. The number of fused-ring (bicyclic) bond motifs is 2. The number of phenols is 2. The van der Waals surface area contributed by atoms with E-state index in [1.54, 1.807) is 48.5 Å². The first kappa shape index (κ1) is 33.7. The van der Waals surface area contributed by atoms with Gasteiger partial charge in [0, 0.05) is 27.0 Å². The summed E-state index contributed by atoms with van der Waals surface area (Å²) in [7, 11) is -8.86. The van der Waals surface area contributed by atoms with Crippen molar-refractivity contribution in [2.24, 2.45) is 0 Å². The lowest BCUT2D eigenvalue weighted by molar-refractivity contribution is 0.480. The molecule has 0 fully saturated rings. The van der Waals surface area contributed by atoms with Gasteiger partial charge >= 0.3 is 31.6 Å². The van der Waals surface area contributed by atoms with E-state index >= 15 is 0 Å². The van der Waals surface area contributed by atoms with Crippen molar-refractivity contribution < 1.29 is 35.4 Å². The van der Waals surface area contributed by atoms with E-state index in [0.29, 0.717) is 6.42 Å². The summed E-state index contributed by atoms with van der Waals surface area (Å²) < 4.78 is 64.4. The van der Waals surface area contributed by atoms with Crippen molar-refractivity contribution >= 4 is 53.2 Å². The zero-order valence-electron chi connectivity index (χ0n) is 26.5. The van der Waals surface area contributed by atoms with Crippen molar-refractivity contribution in [2.45, 2.75) is 35.5 Å². The fourth-order valence-electron chi connectivity index (χ4n) is 5.87. The Kier molecular flexibility index (Phi) is 8.53. The summed E-state index contributed by atoms with van der Waals surface area (Å²) in [5.74, 6) is -0.685. The monoisotopic (exact) mass is 708 g/mol. The predicted molar refractivity (Wildman–Crippen MR) is 186 cm³/mol. The number of benzene rings is 6. The van der Waals surface area contributed by atoms with Crippen molar-refractivity contribution in [3.63, 3.8) is 0 Å². The molecule has 0 aromatic heterocycles. The predicted octanol–water partition coefficient (Wildman–Crippen LogP) is 8.62. The summed E-state index contributed by atoms with van der Waals surface area (Å²) in [5.41, 5.74) is 0.394. The van der Waals surface area contributed by atoms with Crippen LogP contribution in [0.3, 0.4) is 0 Å². The number of phenolic OH excluding ortho intramolecular Hbond substituents is 2.